The van der Waals surface area contributed by atoms with Gasteiger partial charge < -0.3 is 4.57 Å². The van der Waals surface area contributed by atoms with Gasteiger partial charge in [0.15, 0.2) is 0 Å². The van der Waals surface area contributed by atoms with E-state index in [9.17, 15) is 0 Å². The first-order chi connectivity index (χ1) is 8.66. The molecule has 1 atom stereocenters. The Morgan fingerprint density at radius 3 is 3.00 bits per heavy atom. The largest absolute Gasteiger partial charge is 0.325 e. The average Bonchev–Trinajstić information content (AvgIpc) is 2.94. The maximum atomic E-state index is 4.42. The fourth-order valence-electron chi connectivity index (χ4n) is 2.64. The first kappa shape index (κ1) is 11.2. The van der Waals surface area contributed by atoms with Crippen molar-refractivity contribution < 1.29 is 0 Å². The van der Waals surface area contributed by atoms with Crippen molar-refractivity contribution in [3.63, 3.8) is 0 Å². The minimum Gasteiger partial charge on any atom is -0.325 e. The van der Waals surface area contributed by atoms with E-state index in [0.717, 1.165) is 29.6 Å². The van der Waals surface area contributed by atoms with Gasteiger partial charge in [-0.05, 0) is 38.3 Å². The molecular formula is C15H17N3. The van der Waals surface area contributed by atoms with Crippen molar-refractivity contribution in [2.45, 2.75) is 32.7 Å². The Bertz CT molecular complexity index is 649. The molecule has 2 aromatic rings. The average molecular weight is 239 g/mol. The fraction of sp³-hybridized carbons (Fsp3) is 0.333. The summed E-state index contributed by atoms with van der Waals surface area (Å²) in [5, 5.41) is 1.15. The molecule has 3 nitrogen and oxygen atoms in total. The van der Waals surface area contributed by atoms with E-state index in [1.807, 2.05) is 6.92 Å². The minimum atomic E-state index is 0.406. The molecule has 0 aliphatic heterocycles. The third-order valence-corrected chi connectivity index (χ3v) is 3.72. The van der Waals surface area contributed by atoms with Crippen LogP contribution in [0.25, 0.3) is 11.0 Å². The monoisotopic (exact) mass is 239 g/mol. The van der Waals surface area contributed by atoms with E-state index < -0.39 is 0 Å². The molecule has 0 N–H and O–H groups in total. The summed E-state index contributed by atoms with van der Waals surface area (Å²) in [5.41, 5.74) is 4.64. The highest BCUT2D eigenvalue weighted by Gasteiger charge is 2.19. The molecule has 18 heavy (non-hydrogen) atoms. The summed E-state index contributed by atoms with van der Waals surface area (Å²) in [4.78, 5) is 8.65. The van der Waals surface area contributed by atoms with E-state index in [-0.39, 0.29) is 0 Å². The Labute approximate surface area is 107 Å². The van der Waals surface area contributed by atoms with Crippen molar-refractivity contribution in [3.05, 3.63) is 48.1 Å². The minimum absolute atomic E-state index is 0.406. The van der Waals surface area contributed by atoms with E-state index in [0.29, 0.717) is 6.04 Å². The van der Waals surface area contributed by atoms with Crippen LogP contribution >= 0.6 is 0 Å². The van der Waals surface area contributed by atoms with Crippen molar-refractivity contribution in [3.8, 4) is 0 Å². The predicted octanol–water partition coefficient (Wildman–Crippen LogP) is 3.58. The zero-order chi connectivity index (χ0) is 12.7. The number of hydrogen-bond donors (Lipinski definition) is 0. The summed E-state index contributed by atoms with van der Waals surface area (Å²) >= 11 is 0. The van der Waals surface area contributed by atoms with Crippen molar-refractivity contribution in [1.82, 2.24) is 14.5 Å². The van der Waals surface area contributed by atoms with Gasteiger partial charge in [-0.2, -0.15) is 0 Å². The molecule has 0 fully saturated rings. The Morgan fingerprint density at radius 1 is 1.44 bits per heavy atom. The van der Waals surface area contributed by atoms with Crippen LogP contribution in [0, 0.1) is 6.92 Å². The van der Waals surface area contributed by atoms with Crippen LogP contribution in [0.4, 0.5) is 0 Å². The van der Waals surface area contributed by atoms with Crippen molar-refractivity contribution in [1.29, 1.82) is 0 Å². The van der Waals surface area contributed by atoms with Gasteiger partial charge >= 0.3 is 0 Å². The molecule has 0 bridgehead atoms. The maximum Gasteiger partial charge on any atom is 0.144 e. The first-order valence-corrected chi connectivity index (χ1v) is 6.31. The number of nitrogens with zero attached hydrogens (tertiary/aromatic N) is 3. The van der Waals surface area contributed by atoms with Gasteiger partial charge in [-0.15, -0.1) is 0 Å². The zero-order valence-electron chi connectivity index (χ0n) is 10.8. The Morgan fingerprint density at radius 2 is 2.28 bits per heavy atom. The molecule has 0 amide bonds. The Kier molecular flexibility index (Phi) is 2.54. The van der Waals surface area contributed by atoms with E-state index in [2.05, 4.69) is 46.4 Å². The fourth-order valence-corrected chi connectivity index (χ4v) is 2.64. The lowest BCUT2D eigenvalue weighted by atomic mass is 10.1. The molecule has 0 spiro atoms. The number of hydrogen-bond acceptors (Lipinski definition) is 2. The van der Waals surface area contributed by atoms with Gasteiger partial charge in [0.2, 0.25) is 0 Å². The summed E-state index contributed by atoms with van der Waals surface area (Å²) in [6.45, 7) is 8.13. The van der Waals surface area contributed by atoms with Crippen LogP contribution in [-0.2, 0) is 0 Å². The van der Waals surface area contributed by atoms with Crippen LogP contribution in [0.2, 0.25) is 0 Å². The van der Waals surface area contributed by atoms with Crippen molar-refractivity contribution in [2.75, 3.05) is 0 Å². The van der Waals surface area contributed by atoms with Gasteiger partial charge in [-0.25, -0.2) is 9.97 Å². The van der Waals surface area contributed by atoms with Crippen LogP contribution in [0.1, 0.15) is 31.5 Å². The highest BCUT2D eigenvalue weighted by molar-refractivity contribution is 5.78. The van der Waals surface area contributed by atoms with Crippen LogP contribution in [0.3, 0.4) is 0 Å². The van der Waals surface area contributed by atoms with Gasteiger partial charge in [0.25, 0.3) is 0 Å². The second-order valence-corrected chi connectivity index (χ2v) is 5.00. The standard InChI is InChI=1S/C15H17N3/c1-10(2)12-4-5-13(8-12)18-7-6-14-11(3)16-9-17-15(14)18/h6-9,13H,1,4-5H2,2-3H3. The normalized spacial score (nSPS) is 19.2. The predicted molar refractivity (Wildman–Crippen MR) is 73.4 cm³/mol. The van der Waals surface area contributed by atoms with E-state index in [4.69, 9.17) is 0 Å². The van der Waals surface area contributed by atoms with Crippen LogP contribution < -0.4 is 0 Å². The number of rotatable bonds is 2. The number of aryl methyl sites for hydroxylation is 1. The molecule has 1 aliphatic rings. The Hall–Kier alpha value is -1.90. The van der Waals surface area contributed by atoms with Crippen LogP contribution in [0.15, 0.2) is 42.4 Å². The molecule has 0 saturated heterocycles. The summed E-state index contributed by atoms with van der Waals surface area (Å²) < 4.78 is 2.25. The summed E-state index contributed by atoms with van der Waals surface area (Å²) in [6, 6.07) is 2.51. The molecule has 0 saturated carbocycles. The second kappa shape index (κ2) is 4.09. The lowest BCUT2D eigenvalue weighted by Gasteiger charge is -2.10. The number of fused-ring (bicyclic) bond motifs is 1. The lowest BCUT2D eigenvalue weighted by Crippen LogP contribution is -2.03. The first-order valence-electron chi connectivity index (χ1n) is 6.31. The van der Waals surface area contributed by atoms with Gasteiger partial charge in [-0.3, -0.25) is 0 Å². The highest BCUT2D eigenvalue weighted by atomic mass is 15.1. The smallest absolute Gasteiger partial charge is 0.144 e. The number of allylic oxidation sites excluding steroid dienone is 3. The topological polar surface area (TPSA) is 30.7 Å². The maximum absolute atomic E-state index is 4.42. The quantitative estimate of drug-likeness (QED) is 0.802. The number of aromatic nitrogens is 3. The molecule has 3 heteroatoms. The second-order valence-electron chi connectivity index (χ2n) is 5.00. The van der Waals surface area contributed by atoms with Gasteiger partial charge in [0, 0.05) is 11.6 Å². The SMILES string of the molecule is C=C(C)C1=CC(n2ccc3c(C)ncnc32)CC1. The third kappa shape index (κ3) is 1.67. The van der Waals surface area contributed by atoms with Gasteiger partial charge in [0.1, 0.15) is 12.0 Å². The van der Waals surface area contributed by atoms with Gasteiger partial charge in [-0.1, -0.05) is 18.2 Å². The molecule has 1 aliphatic carbocycles. The van der Waals surface area contributed by atoms with E-state index in [1.54, 1.807) is 6.33 Å². The van der Waals surface area contributed by atoms with E-state index >= 15 is 0 Å². The summed E-state index contributed by atoms with van der Waals surface area (Å²) in [7, 11) is 0. The summed E-state index contributed by atoms with van der Waals surface area (Å²) in [5.74, 6) is 0. The van der Waals surface area contributed by atoms with Crippen LogP contribution in [-0.4, -0.2) is 14.5 Å². The molecule has 1 unspecified atom stereocenters. The van der Waals surface area contributed by atoms with Crippen molar-refractivity contribution >= 4 is 11.0 Å². The molecule has 92 valence electrons. The van der Waals surface area contributed by atoms with Crippen LogP contribution in [0.5, 0.6) is 0 Å². The Balaban J connectivity index is 2.06. The molecule has 3 rings (SSSR count). The molecule has 2 heterocycles. The molecular weight excluding hydrogens is 222 g/mol. The molecule has 2 aromatic heterocycles. The highest BCUT2D eigenvalue weighted by Crippen LogP contribution is 2.33. The zero-order valence-corrected chi connectivity index (χ0v) is 10.8. The third-order valence-electron chi connectivity index (χ3n) is 3.72. The molecule has 0 radical (unpaired) electrons. The van der Waals surface area contributed by atoms with Gasteiger partial charge in [0.05, 0.1) is 11.7 Å². The summed E-state index contributed by atoms with van der Waals surface area (Å²) in [6.07, 6.45) is 8.33. The van der Waals surface area contributed by atoms with E-state index in [1.165, 1.54) is 11.1 Å². The lowest BCUT2D eigenvalue weighted by molar-refractivity contribution is 0.605. The van der Waals surface area contributed by atoms with Crippen molar-refractivity contribution in [2.24, 2.45) is 0 Å². The molecule has 0 aromatic carbocycles.